The Labute approximate surface area is 150 Å². The molecule has 3 aromatic rings. The van der Waals surface area contributed by atoms with Gasteiger partial charge in [0, 0.05) is 17.3 Å². The third-order valence-electron chi connectivity index (χ3n) is 3.16. The molecule has 0 amide bonds. The molecule has 0 N–H and O–H groups in total. The fraction of sp³-hybridized carbons (Fsp3) is 0.188. The predicted octanol–water partition coefficient (Wildman–Crippen LogP) is 4.92. The molecular weight excluding hydrogens is 371 g/mol. The first kappa shape index (κ1) is 17.7. The van der Waals surface area contributed by atoms with E-state index in [4.69, 9.17) is 4.74 Å². The number of hydrogen-bond donors (Lipinski definition) is 0. The SMILES string of the molecule is COc1ccccc1-c1nc(CSc2nccc(C(F)(F)F)n2)cs1. The van der Waals surface area contributed by atoms with Gasteiger partial charge in [-0.25, -0.2) is 15.0 Å². The van der Waals surface area contributed by atoms with Crippen LogP contribution < -0.4 is 4.74 Å². The van der Waals surface area contributed by atoms with Crippen molar-refractivity contribution in [3.63, 3.8) is 0 Å². The molecule has 0 bridgehead atoms. The van der Waals surface area contributed by atoms with Crippen LogP contribution in [0.15, 0.2) is 47.1 Å². The summed E-state index contributed by atoms with van der Waals surface area (Å²) in [5.41, 5.74) is 0.677. The lowest BCUT2D eigenvalue weighted by Crippen LogP contribution is -2.08. The molecule has 0 saturated carbocycles. The molecule has 0 fully saturated rings. The molecule has 0 aliphatic heterocycles. The lowest BCUT2D eigenvalue weighted by molar-refractivity contribution is -0.141. The van der Waals surface area contributed by atoms with E-state index in [1.165, 1.54) is 11.3 Å². The normalized spacial score (nSPS) is 11.5. The van der Waals surface area contributed by atoms with Crippen LogP contribution in [0.4, 0.5) is 13.2 Å². The fourth-order valence-corrected chi connectivity index (χ4v) is 3.70. The van der Waals surface area contributed by atoms with Crippen molar-refractivity contribution >= 4 is 23.1 Å². The molecule has 2 aromatic heterocycles. The number of ether oxygens (including phenoxy) is 1. The van der Waals surface area contributed by atoms with Crippen molar-refractivity contribution in [2.45, 2.75) is 17.1 Å². The van der Waals surface area contributed by atoms with Crippen molar-refractivity contribution in [3.8, 4) is 16.3 Å². The molecule has 0 aliphatic rings. The first-order valence-electron chi connectivity index (χ1n) is 7.08. The molecule has 0 spiro atoms. The molecule has 3 rings (SSSR count). The molecule has 130 valence electrons. The summed E-state index contributed by atoms with van der Waals surface area (Å²) < 4.78 is 43.3. The van der Waals surface area contributed by atoms with Crippen LogP contribution in [-0.2, 0) is 11.9 Å². The van der Waals surface area contributed by atoms with Crippen molar-refractivity contribution in [1.29, 1.82) is 0 Å². The number of hydrogen-bond acceptors (Lipinski definition) is 6. The monoisotopic (exact) mass is 383 g/mol. The van der Waals surface area contributed by atoms with Crippen LogP contribution in [0.1, 0.15) is 11.4 Å². The summed E-state index contributed by atoms with van der Waals surface area (Å²) in [6.45, 7) is 0. The smallest absolute Gasteiger partial charge is 0.433 e. The van der Waals surface area contributed by atoms with Gasteiger partial charge in [0.25, 0.3) is 0 Å². The Hall–Kier alpha value is -2.13. The maximum absolute atomic E-state index is 12.7. The molecule has 0 atom stereocenters. The van der Waals surface area contributed by atoms with E-state index >= 15 is 0 Å². The predicted molar refractivity (Wildman–Crippen MR) is 90.7 cm³/mol. The van der Waals surface area contributed by atoms with E-state index < -0.39 is 11.9 Å². The topological polar surface area (TPSA) is 47.9 Å². The standard InChI is InChI=1S/C16H12F3N3OS2/c1-23-12-5-3-2-4-11(12)14-21-10(8-24-14)9-25-15-20-7-6-13(22-15)16(17,18)19/h2-8H,9H2,1H3. The van der Waals surface area contributed by atoms with E-state index in [-0.39, 0.29) is 5.16 Å². The summed E-state index contributed by atoms with van der Waals surface area (Å²) in [5.74, 6) is 1.10. The van der Waals surface area contributed by atoms with Crippen molar-refractivity contribution in [2.75, 3.05) is 7.11 Å². The Morgan fingerprint density at radius 1 is 1.16 bits per heavy atom. The zero-order valence-corrected chi connectivity index (χ0v) is 14.6. The zero-order chi connectivity index (χ0) is 17.9. The summed E-state index contributed by atoms with van der Waals surface area (Å²) in [7, 11) is 1.59. The van der Waals surface area contributed by atoms with Gasteiger partial charge in [-0.2, -0.15) is 13.2 Å². The molecular formula is C16H12F3N3OS2. The van der Waals surface area contributed by atoms with E-state index in [9.17, 15) is 13.2 Å². The van der Waals surface area contributed by atoms with Gasteiger partial charge in [-0.1, -0.05) is 23.9 Å². The van der Waals surface area contributed by atoms with Crippen molar-refractivity contribution < 1.29 is 17.9 Å². The van der Waals surface area contributed by atoms with E-state index in [0.29, 0.717) is 5.75 Å². The minimum atomic E-state index is -4.48. The van der Waals surface area contributed by atoms with Gasteiger partial charge in [0.2, 0.25) is 0 Å². The number of alkyl halides is 3. The first-order chi connectivity index (χ1) is 12.0. The molecule has 2 heterocycles. The van der Waals surface area contributed by atoms with E-state index in [1.54, 1.807) is 7.11 Å². The molecule has 0 radical (unpaired) electrons. The number of thioether (sulfide) groups is 1. The van der Waals surface area contributed by atoms with Crippen LogP contribution >= 0.6 is 23.1 Å². The highest BCUT2D eigenvalue weighted by atomic mass is 32.2. The number of halogens is 3. The van der Waals surface area contributed by atoms with Crippen LogP contribution in [0.3, 0.4) is 0 Å². The Kier molecular flexibility index (Phi) is 5.24. The molecule has 9 heteroatoms. The average molecular weight is 383 g/mol. The molecule has 4 nitrogen and oxygen atoms in total. The summed E-state index contributed by atoms with van der Waals surface area (Å²) in [6, 6.07) is 8.38. The average Bonchev–Trinajstić information content (AvgIpc) is 3.08. The van der Waals surface area contributed by atoms with E-state index in [0.717, 1.165) is 46.0 Å². The number of thiazole rings is 1. The largest absolute Gasteiger partial charge is 0.496 e. The lowest BCUT2D eigenvalue weighted by Gasteiger charge is -2.06. The third-order valence-corrected chi connectivity index (χ3v) is 4.98. The molecule has 0 unspecified atom stereocenters. The third kappa shape index (κ3) is 4.29. The Morgan fingerprint density at radius 2 is 1.96 bits per heavy atom. The molecule has 0 saturated heterocycles. The first-order valence-corrected chi connectivity index (χ1v) is 8.95. The van der Waals surface area contributed by atoms with E-state index in [2.05, 4.69) is 15.0 Å². The van der Waals surface area contributed by atoms with Gasteiger partial charge in [0.15, 0.2) is 5.16 Å². The van der Waals surface area contributed by atoms with Crippen molar-refractivity contribution in [1.82, 2.24) is 15.0 Å². The number of nitrogens with zero attached hydrogens (tertiary/aromatic N) is 3. The minimum Gasteiger partial charge on any atom is -0.496 e. The fourth-order valence-electron chi connectivity index (χ4n) is 2.03. The van der Waals surface area contributed by atoms with E-state index in [1.807, 2.05) is 29.6 Å². The molecule has 25 heavy (non-hydrogen) atoms. The maximum atomic E-state index is 12.7. The summed E-state index contributed by atoms with van der Waals surface area (Å²) in [4.78, 5) is 11.9. The van der Waals surface area contributed by atoms with Gasteiger partial charge in [0.05, 0.1) is 18.4 Å². The van der Waals surface area contributed by atoms with Gasteiger partial charge in [-0.3, -0.25) is 0 Å². The highest BCUT2D eigenvalue weighted by molar-refractivity contribution is 7.98. The maximum Gasteiger partial charge on any atom is 0.433 e. The summed E-state index contributed by atoms with van der Waals surface area (Å²) >= 11 is 2.56. The van der Waals surface area contributed by atoms with Gasteiger partial charge >= 0.3 is 6.18 Å². The van der Waals surface area contributed by atoms with Crippen molar-refractivity contribution in [2.24, 2.45) is 0 Å². The summed E-state index contributed by atoms with van der Waals surface area (Å²) in [5, 5.41) is 2.72. The second-order valence-electron chi connectivity index (χ2n) is 4.86. The zero-order valence-electron chi connectivity index (χ0n) is 12.9. The number of methoxy groups -OCH3 is 1. The van der Waals surface area contributed by atoms with Gasteiger partial charge in [-0.05, 0) is 18.2 Å². The molecule has 1 aromatic carbocycles. The van der Waals surface area contributed by atoms with Crippen LogP contribution in [-0.4, -0.2) is 22.1 Å². The Morgan fingerprint density at radius 3 is 2.72 bits per heavy atom. The van der Waals surface area contributed by atoms with Gasteiger partial charge in [0.1, 0.15) is 16.5 Å². The quantitative estimate of drug-likeness (QED) is 0.462. The van der Waals surface area contributed by atoms with Crippen LogP contribution in [0.2, 0.25) is 0 Å². The van der Waals surface area contributed by atoms with Gasteiger partial charge < -0.3 is 4.74 Å². The Balaban J connectivity index is 1.72. The minimum absolute atomic E-state index is 0.0710. The van der Waals surface area contributed by atoms with Gasteiger partial charge in [-0.15, -0.1) is 11.3 Å². The number of benzene rings is 1. The highest BCUT2D eigenvalue weighted by Gasteiger charge is 2.32. The number of para-hydroxylation sites is 1. The van der Waals surface area contributed by atoms with Crippen LogP contribution in [0, 0.1) is 0 Å². The lowest BCUT2D eigenvalue weighted by atomic mass is 10.2. The Bertz CT molecular complexity index is 868. The second-order valence-corrected chi connectivity index (χ2v) is 6.66. The van der Waals surface area contributed by atoms with Crippen LogP contribution in [0.5, 0.6) is 5.75 Å². The number of rotatable bonds is 5. The van der Waals surface area contributed by atoms with Crippen LogP contribution in [0.25, 0.3) is 10.6 Å². The highest BCUT2D eigenvalue weighted by Crippen LogP contribution is 2.33. The molecule has 0 aliphatic carbocycles. The second kappa shape index (κ2) is 7.40. The summed E-state index contributed by atoms with van der Waals surface area (Å²) in [6.07, 6.45) is -3.37. The van der Waals surface area contributed by atoms with Crippen molar-refractivity contribution in [3.05, 3.63) is 53.3 Å². The number of aromatic nitrogens is 3.